The van der Waals surface area contributed by atoms with Crippen molar-refractivity contribution in [3.8, 4) is 0 Å². The minimum atomic E-state index is 0.438. The third kappa shape index (κ3) is 4.30. The van der Waals surface area contributed by atoms with E-state index in [9.17, 15) is 0 Å². The molecule has 2 aromatic heterocycles. The van der Waals surface area contributed by atoms with Gasteiger partial charge < -0.3 is 19.8 Å². The van der Waals surface area contributed by atoms with Gasteiger partial charge in [-0.15, -0.1) is 16.8 Å². The molecule has 0 aliphatic heterocycles. The molecule has 0 atom stereocenters. The lowest BCUT2D eigenvalue weighted by atomic mass is 10.4. The molecule has 0 amide bonds. The fourth-order valence-corrected chi connectivity index (χ4v) is 2.43. The van der Waals surface area contributed by atoms with Crippen LogP contribution in [0.3, 0.4) is 0 Å². The van der Waals surface area contributed by atoms with Gasteiger partial charge in [0.25, 0.3) is 0 Å². The molecule has 24 heavy (non-hydrogen) atoms. The van der Waals surface area contributed by atoms with E-state index >= 15 is 0 Å². The zero-order valence-electron chi connectivity index (χ0n) is 14.0. The van der Waals surface area contributed by atoms with Crippen LogP contribution >= 0.6 is 23.2 Å². The number of nitrogens with zero attached hydrogens (tertiary/aromatic N) is 5. The molecule has 2 N–H and O–H groups in total. The number of nitrogens with one attached hydrogen (secondary N) is 2. The van der Waals surface area contributed by atoms with Crippen molar-refractivity contribution >= 4 is 29.2 Å². The number of halogens is 2. The number of aryl methyl sites for hydroxylation is 1. The van der Waals surface area contributed by atoms with Gasteiger partial charge in [-0.3, -0.25) is 0 Å². The van der Waals surface area contributed by atoms with Gasteiger partial charge in [-0.1, -0.05) is 29.3 Å². The lowest BCUT2D eigenvalue weighted by Gasteiger charge is -2.11. The summed E-state index contributed by atoms with van der Waals surface area (Å²) in [6.07, 6.45) is 1.76. The molecule has 0 aliphatic rings. The number of guanidine groups is 1. The first-order chi connectivity index (χ1) is 11.4. The van der Waals surface area contributed by atoms with Gasteiger partial charge in [0.05, 0.1) is 18.1 Å². The van der Waals surface area contributed by atoms with E-state index in [0.717, 1.165) is 17.3 Å². The van der Waals surface area contributed by atoms with E-state index in [0.29, 0.717) is 35.8 Å². The summed E-state index contributed by atoms with van der Waals surface area (Å²) in [4.78, 5) is 4.55. The van der Waals surface area contributed by atoms with Gasteiger partial charge in [-0.05, 0) is 13.0 Å². The predicted octanol–water partition coefficient (Wildman–Crippen LogP) is 2.19. The molecular weight excluding hydrogens is 349 g/mol. The Morgan fingerprint density at radius 2 is 2.04 bits per heavy atom. The number of hydrogen-bond donors (Lipinski definition) is 2. The Labute approximate surface area is 151 Å². The SMILES string of the molecule is C=CCNC(=NCc1cc(Cl)c(Cl)n1C)NCc1nnc(C)n1C. The lowest BCUT2D eigenvalue weighted by molar-refractivity contribution is 0.719. The number of rotatable bonds is 6. The highest BCUT2D eigenvalue weighted by atomic mass is 35.5. The van der Waals surface area contributed by atoms with Crippen LogP contribution in [-0.2, 0) is 27.2 Å². The minimum Gasteiger partial charge on any atom is -0.353 e. The molecule has 9 heteroatoms. The zero-order valence-corrected chi connectivity index (χ0v) is 15.5. The fourth-order valence-electron chi connectivity index (χ4n) is 2.01. The Balaban J connectivity index is 2.07. The van der Waals surface area contributed by atoms with Crippen LogP contribution in [0.1, 0.15) is 17.3 Å². The number of hydrogen-bond acceptors (Lipinski definition) is 3. The summed E-state index contributed by atoms with van der Waals surface area (Å²) < 4.78 is 3.74. The van der Waals surface area contributed by atoms with Gasteiger partial charge in [0.15, 0.2) is 11.8 Å². The second-order valence-corrected chi connectivity index (χ2v) is 6.01. The van der Waals surface area contributed by atoms with Crippen LogP contribution in [0.25, 0.3) is 0 Å². The first-order valence-electron chi connectivity index (χ1n) is 7.41. The maximum Gasteiger partial charge on any atom is 0.192 e. The van der Waals surface area contributed by atoms with Gasteiger partial charge in [-0.25, -0.2) is 4.99 Å². The molecule has 2 heterocycles. The van der Waals surface area contributed by atoms with Crippen molar-refractivity contribution in [3.05, 3.63) is 46.2 Å². The first kappa shape index (κ1) is 18.4. The zero-order chi connectivity index (χ0) is 17.7. The Hall–Kier alpha value is -1.99. The van der Waals surface area contributed by atoms with Gasteiger partial charge >= 0.3 is 0 Å². The highest BCUT2D eigenvalue weighted by Gasteiger charge is 2.09. The Morgan fingerprint density at radius 1 is 1.29 bits per heavy atom. The quantitative estimate of drug-likeness (QED) is 0.465. The van der Waals surface area contributed by atoms with Gasteiger partial charge in [0.2, 0.25) is 0 Å². The standard InChI is InChI=1S/C15H21Cl2N7/c1-5-6-18-15(20-9-13-22-21-10(2)23(13)3)19-8-11-7-12(16)14(17)24(11)4/h5,7H,1,6,8-9H2,2-4H3,(H2,18,19,20). The predicted molar refractivity (Wildman–Crippen MR) is 97.4 cm³/mol. The average molecular weight is 370 g/mol. The smallest absolute Gasteiger partial charge is 0.192 e. The van der Waals surface area contributed by atoms with E-state index in [4.69, 9.17) is 23.2 Å². The molecule has 0 fully saturated rings. The maximum absolute atomic E-state index is 6.08. The molecule has 0 saturated carbocycles. The molecule has 2 aromatic rings. The summed E-state index contributed by atoms with van der Waals surface area (Å²) in [5.41, 5.74) is 0.916. The van der Waals surface area contributed by atoms with Crippen LogP contribution in [0.5, 0.6) is 0 Å². The summed E-state index contributed by atoms with van der Waals surface area (Å²) in [5.74, 6) is 2.33. The normalized spacial score (nSPS) is 11.6. The summed E-state index contributed by atoms with van der Waals surface area (Å²) in [6.45, 7) is 7.15. The summed E-state index contributed by atoms with van der Waals surface area (Å²) in [5, 5.41) is 15.6. The van der Waals surface area contributed by atoms with Crippen LogP contribution in [0.2, 0.25) is 10.2 Å². The largest absolute Gasteiger partial charge is 0.353 e. The second kappa shape index (κ2) is 8.21. The molecular formula is C15H21Cl2N7. The van der Waals surface area contributed by atoms with E-state index in [1.54, 1.807) is 6.08 Å². The van der Waals surface area contributed by atoms with Crippen molar-refractivity contribution < 1.29 is 0 Å². The van der Waals surface area contributed by atoms with Crippen LogP contribution in [0.4, 0.5) is 0 Å². The third-order valence-electron chi connectivity index (χ3n) is 3.63. The van der Waals surface area contributed by atoms with E-state index in [1.165, 1.54) is 0 Å². The molecule has 0 radical (unpaired) electrons. The van der Waals surface area contributed by atoms with Crippen molar-refractivity contribution in [1.82, 2.24) is 30.0 Å². The Morgan fingerprint density at radius 3 is 2.58 bits per heavy atom. The Kier molecular flexibility index (Phi) is 6.28. The third-order valence-corrected chi connectivity index (χ3v) is 4.47. The maximum atomic E-state index is 6.08. The van der Waals surface area contributed by atoms with Crippen LogP contribution in [-0.4, -0.2) is 31.8 Å². The van der Waals surface area contributed by atoms with E-state index < -0.39 is 0 Å². The van der Waals surface area contributed by atoms with E-state index in [1.807, 2.05) is 36.2 Å². The topological polar surface area (TPSA) is 72.1 Å². The van der Waals surface area contributed by atoms with Gasteiger partial charge in [0.1, 0.15) is 11.0 Å². The first-order valence-corrected chi connectivity index (χ1v) is 8.17. The van der Waals surface area contributed by atoms with Crippen molar-refractivity contribution in [1.29, 1.82) is 0 Å². The molecule has 0 aromatic carbocycles. The fraction of sp³-hybridized carbons (Fsp3) is 0.400. The molecule has 2 rings (SSSR count). The molecule has 7 nitrogen and oxygen atoms in total. The van der Waals surface area contributed by atoms with Crippen LogP contribution in [0, 0.1) is 6.92 Å². The average Bonchev–Trinajstić information content (AvgIpc) is 3.01. The molecule has 0 unspecified atom stereocenters. The summed E-state index contributed by atoms with van der Waals surface area (Å²) in [6, 6.07) is 1.81. The highest BCUT2D eigenvalue weighted by Crippen LogP contribution is 2.25. The molecule has 0 saturated heterocycles. The minimum absolute atomic E-state index is 0.438. The van der Waals surface area contributed by atoms with E-state index in [2.05, 4.69) is 32.4 Å². The second-order valence-electron chi connectivity index (χ2n) is 5.24. The summed E-state index contributed by atoms with van der Waals surface area (Å²) in [7, 11) is 3.78. The molecule has 0 bridgehead atoms. The van der Waals surface area contributed by atoms with Crippen molar-refractivity contribution in [2.75, 3.05) is 6.54 Å². The van der Waals surface area contributed by atoms with Crippen molar-refractivity contribution in [3.63, 3.8) is 0 Å². The monoisotopic (exact) mass is 369 g/mol. The molecule has 0 spiro atoms. The summed E-state index contributed by atoms with van der Waals surface area (Å²) >= 11 is 12.1. The van der Waals surface area contributed by atoms with Crippen molar-refractivity contribution in [2.45, 2.75) is 20.0 Å². The van der Waals surface area contributed by atoms with E-state index in [-0.39, 0.29) is 0 Å². The van der Waals surface area contributed by atoms with Gasteiger partial charge in [0, 0.05) is 26.3 Å². The van der Waals surface area contributed by atoms with Crippen LogP contribution < -0.4 is 10.6 Å². The Bertz CT molecular complexity index is 745. The van der Waals surface area contributed by atoms with Gasteiger partial charge in [-0.2, -0.15) is 0 Å². The molecule has 130 valence electrons. The van der Waals surface area contributed by atoms with Crippen molar-refractivity contribution in [2.24, 2.45) is 19.1 Å². The highest BCUT2D eigenvalue weighted by molar-refractivity contribution is 6.41. The number of aromatic nitrogens is 4. The van der Waals surface area contributed by atoms with Crippen LogP contribution in [0.15, 0.2) is 23.7 Å². The lowest BCUT2D eigenvalue weighted by Crippen LogP contribution is -2.37. The molecule has 0 aliphatic carbocycles. The number of aliphatic imine (C=N–C) groups is 1.